The Hall–Kier alpha value is -2.04. The molecule has 4 nitrogen and oxygen atoms in total. The number of carbonyl (C=O) groups is 1. The average Bonchev–Trinajstić information content (AvgIpc) is 3.41. The summed E-state index contributed by atoms with van der Waals surface area (Å²) in [6, 6.07) is 17.7. The van der Waals surface area contributed by atoms with Gasteiger partial charge in [0.2, 0.25) is 0 Å². The number of ether oxygens (including phenoxy) is 1. The lowest BCUT2D eigenvalue weighted by Gasteiger charge is -2.17. The van der Waals surface area contributed by atoms with Crippen molar-refractivity contribution < 1.29 is 9.53 Å². The molecule has 0 unspecified atom stereocenters. The summed E-state index contributed by atoms with van der Waals surface area (Å²) in [5.74, 6) is 1.81. The first-order valence-electron chi connectivity index (χ1n) is 9.03. The third-order valence-electron chi connectivity index (χ3n) is 5.16. The van der Waals surface area contributed by atoms with Crippen molar-refractivity contribution in [1.82, 2.24) is 4.90 Å². The van der Waals surface area contributed by atoms with Gasteiger partial charge in [-0.2, -0.15) is 0 Å². The molecular formula is C21H25ClN2O2. The number of benzene rings is 2. The summed E-state index contributed by atoms with van der Waals surface area (Å²) in [7, 11) is 0. The van der Waals surface area contributed by atoms with Crippen LogP contribution in [0.25, 0.3) is 0 Å². The lowest BCUT2D eigenvalue weighted by Crippen LogP contribution is -2.32. The highest BCUT2D eigenvalue weighted by Crippen LogP contribution is 2.30. The van der Waals surface area contributed by atoms with Crippen LogP contribution in [0.15, 0.2) is 54.6 Å². The topological polar surface area (TPSA) is 55.6 Å². The van der Waals surface area contributed by atoms with Crippen LogP contribution in [-0.4, -0.2) is 36.5 Å². The van der Waals surface area contributed by atoms with E-state index in [0.29, 0.717) is 18.7 Å². The molecule has 26 heavy (non-hydrogen) atoms. The van der Waals surface area contributed by atoms with Gasteiger partial charge >= 0.3 is 0 Å². The Morgan fingerprint density at radius 3 is 2.38 bits per heavy atom. The number of amides is 1. The molecule has 2 fully saturated rings. The maximum Gasteiger partial charge on any atom is 0.253 e. The van der Waals surface area contributed by atoms with Crippen LogP contribution in [0.5, 0.6) is 5.75 Å². The van der Waals surface area contributed by atoms with E-state index in [1.54, 1.807) is 0 Å². The SMILES string of the molecule is Cl.N[C@@H]1CN(C(=O)c2ccc(OCC3CC3)cc2)C[C@H]1c1ccccc1. The molecule has 4 rings (SSSR count). The summed E-state index contributed by atoms with van der Waals surface area (Å²) in [4.78, 5) is 14.6. The van der Waals surface area contributed by atoms with Crippen molar-refractivity contribution in [1.29, 1.82) is 0 Å². The Morgan fingerprint density at radius 1 is 1.04 bits per heavy atom. The van der Waals surface area contributed by atoms with Crippen molar-refractivity contribution in [2.75, 3.05) is 19.7 Å². The van der Waals surface area contributed by atoms with Crippen LogP contribution >= 0.6 is 12.4 Å². The van der Waals surface area contributed by atoms with E-state index in [9.17, 15) is 4.79 Å². The zero-order valence-corrected chi connectivity index (χ0v) is 15.5. The molecule has 1 saturated carbocycles. The average molecular weight is 373 g/mol. The Bertz CT molecular complexity index is 731. The molecule has 2 aromatic rings. The van der Waals surface area contributed by atoms with Crippen LogP contribution in [0.2, 0.25) is 0 Å². The normalized spacial score (nSPS) is 22.0. The first kappa shape index (κ1) is 18.7. The second kappa shape index (κ2) is 8.11. The fourth-order valence-electron chi connectivity index (χ4n) is 3.42. The van der Waals surface area contributed by atoms with Crippen LogP contribution < -0.4 is 10.5 Å². The predicted molar refractivity (Wildman–Crippen MR) is 105 cm³/mol. The molecule has 1 aliphatic heterocycles. The van der Waals surface area contributed by atoms with E-state index < -0.39 is 0 Å². The number of nitrogens with two attached hydrogens (primary N) is 1. The van der Waals surface area contributed by atoms with Crippen LogP contribution in [0.4, 0.5) is 0 Å². The fraction of sp³-hybridized carbons (Fsp3) is 0.381. The largest absolute Gasteiger partial charge is 0.493 e. The van der Waals surface area contributed by atoms with Gasteiger partial charge in [-0.25, -0.2) is 0 Å². The Kier molecular flexibility index (Phi) is 5.84. The zero-order chi connectivity index (χ0) is 17.2. The summed E-state index contributed by atoms with van der Waals surface area (Å²) in [5.41, 5.74) is 8.20. The fourth-order valence-corrected chi connectivity index (χ4v) is 3.42. The smallest absolute Gasteiger partial charge is 0.253 e. The Morgan fingerprint density at radius 2 is 1.73 bits per heavy atom. The molecule has 0 aromatic heterocycles. The third kappa shape index (κ3) is 4.19. The third-order valence-corrected chi connectivity index (χ3v) is 5.16. The number of hydrogen-bond acceptors (Lipinski definition) is 3. The predicted octanol–water partition coefficient (Wildman–Crippen LogP) is 3.46. The van der Waals surface area contributed by atoms with Crippen LogP contribution in [0.3, 0.4) is 0 Å². The minimum absolute atomic E-state index is 0. The summed E-state index contributed by atoms with van der Waals surface area (Å²) in [6.45, 7) is 2.05. The second-order valence-electron chi connectivity index (χ2n) is 7.17. The lowest BCUT2D eigenvalue weighted by atomic mass is 9.95. The number of halogens is 1. The molecule has 2 aromatic carbocycles. The molecular weight excluding hydrogens is 348 g/mol. The molecule has 1 heterocycles. The van der Waals surface area contributed by atoms with Gasteiger partial charge in [0.15, 0.2) is 0 Å². The molecule has 2 atom stereocenters. The summed E-state index contributed by atoms with van der Waals surface area (Å²) in [5, 5.41) is 0. The number of rotatable bonds is 5. The van der Waals surface area contributed by atoms with Crippen molar-refractivity contribution in [3.63, 3.8) is 0 Å². The van der Waals surface area contributed by atoms with Gasteiger partial charge < -0.3 is 15.4 Å². The Labute approximate surface area is 160 Å². The summed E-state index contributed by atoms with van der Waals surface area (Å²) >= 11 is 0. The molecule has 138 valence electrons. The number of nitrogens with zero attached hydrogens (tertiary/aromatic N) is 1. The monoisotopic (exact) mass is 372 g/mol. The van der Waals surface area contributed by atoms with Gasteiger partial charge in [-0.05, 0) is 48.6 Å². The van der Waals surface area contributed by atoms with Crippen molar-refractivity contribution in [2.24, 2.45) is 11.7 Å². The highest BCUT2D eigenvalue weighted by atomic mass is 35.5. The lowest BCUT2D eigenvalue weighted by molar-refractivity contribution is 0.0789. The van der Waals surface area contributed by atoms with E-state index >= 15 is 0 Å². The maximum absolute atomic E-state index is 12.8. The van der Waals surface area contributed by atoms with E-state index in [0.717, 1.165) is 18.3 Å². The molecule has 1 saturated heterocycles. The first-order chi connectivity index (χ1) is 12.2. The number of carbonyl (C=O) groups excluding carboxylic acids is 1. The van der Waals surface area contributed by atoms with Gasteiger partial charge in [-0.15, -0.1) is 12.4 Å². The molecule has 2 N–H and O–H groups in total. The van der Waals surface area contributed by atoms with E-state index in [1.165, 1.54) is 18.4 Å². The number of hydrogen-bond donors (Lipinski definition) is 1. The highest BCUT2D eigenvalue weighted by molar-refractivity contribution is 5.94. The van der Waals surface area contributed by atoms with Gasteiger partial charge in [0.1, 0.15) is 5.75 Å². The quantitative estimate of drug-likeness (QED) is 0.874. The molecule has 2 aliphatic rings. The summed E-state index contributed by atoms with van der Waals surface area (Å²) in [6.07, 6.45) is 2.54. The van der Waals surface area contributed by atoms with Crippen molar-refractivity contribution in [2.45, 2.75) is 24.8 Å². The molecule has 0 spiro atoms. The van der Waals surface area contributed by atoms with Gasteiger partial charge in [0, 0.05) is 30.6 Å². The van der Waals surface area contributed by atoms with Gasteiger partial charge in [0.25, 0.3) is 5.91 Å². The van der Waals surface area contributed by atoms with Gasteiger partial charge in [-0.1, -0.05) is 30.3 Å². The van der Waals surface area contributed by atoms with Crippen LogP contribution in [-0.2, 0) is 0 Å². The van der Waals surface area contributed by atoms with E-state index in [-0.39, 0.29) is 30.3 Å². The Balaban J connectivity index is 0.00000196. The molecule has 5 heteroatoms. The molecule has 1 amide bonds. The van der Waals surface area contributed by atoms with E-state index in [1.807, 2.05) is 47.4 Å². The van der Waals surface area contributed by atoms with Gasteiger partial charge in [-0.3, -0.25) is 4.79 Å². The molecule has 1 aliphatic carbocycles. The molecule has 0 bridgehead atoms. The minimum atomic E-state index is -0.0208. The van der Waals surface area contributed by atoms with Crippen molar-refractivity contribution in [3.05, 3.63) is 65.7 Å². The molecule has 0 radical (unpaired) electrons. The second-order valence-corrected chi connectivity index (χ2v) is 7.17. The van der Waals surface area contributed by atoms with E-state index in [2.05, 4.69) is 12.1 Å². The first-order valence-corrected chi connectivity index (χ1v) is 9.03. The standard InChI is InChI=1S/C21H24N2O2.ClH/c22-20-13-23(12-19(20)16-4-2-1-3-5-16)21(24)17-8-10-18(11-9-17)25-14-15-6-7-15;/h1-5,8-11,15,19-20H,6-7,12-14,22H2;1H/t19-,20+;/m0./s1. The minimum Gasteiger partial charge on any atom is -0.493 e. The maximum atomic E-state index is 12.8. The van der Waals surface area contributed by atoms with E-state index in [4.69, 9.17) is 10.5 Å². The van der Waals surface area contributed by atoms with Crippen LogP contribution in [0.1, 0.15) is 34.7 Å². The zero-order valence-electron chi connectivity index (χ0n) is 14.7. The van der Waals surface area contributed by atoms with Crippen molar-refractivity contribution >= 4 is 18.3 Å². The van der Waals surface area contributed by atoms with Gasteiger partial charge in [0.05, 0.1) is 6.61 Å². The number of likely N-dealkylation sites (tertiary alicyclic amines) is 1. The van der Waals surface area contributed by atoms with Crippen LogP contribution in [0, 0.1) is 5.92 Å². The summed E-state index contributed by atoms with van der Waals surface area (Å²) < 4.78 is 5.74. The highest BCUT2D eigenvalue weighted by Gasteiger charge is 2.34. The van der Waals surface area contributed by atoms with Crippen molar-refractivity contribution in [3.8, 4) is 5.75 Å².